The Morgan fingerprint density at radius 1 is 1.14 bits per heavy atom. The van der Waals surface area contributed by atoms with Crippen LogP contribution < -0.4 is 14.8 Å². The molecule has 0 bridgehead atoms. The minimum atomic E-state index is 0.0484. The Balaban J connectivity index is 1.49. The Hall–Kier alpha value is -2.42. The highest BCUT2D eigenvalue weighted by molar-refractivity contribution is 7.19. The van der Waals surface area contributed by atoms with Crippen LogP contribution in [0.5, 0.6) is 11.5 Å². The van der Waals surface area contributed by atoms with Crippen molar-refractivity contribution >= 4 is 27.4 Å². The summed E-state index contributed by atoms with van der Waals surface area (Å²) < 4.78 is 17.2. The summed E-state index contributed by atoms with van der Waals surface area (Å²) in [5.74, 6) is 4.13. The molecule has 2 aliphatic rings. The number of fused-ring (bicyclic) bond motifs is 3. The van der Waals surface area contributed by atoms with Crippen LogP contribution in [0, 0.1) is 5.92 Å². The molecule has 2 aromatic heterocycles. The van der Waals surface area contributed by atoms with Gasteiger partial charge in [-0.3, -0.25) is 4.90 Å². The predicted octanol–water partition coefficient (Wildman–Crippen LogP) is 5.62. The van der Waals surface area contributed by atoms with Gasteiger partial charge in [-0.25, -0.2) is 9.97 Å². The third-order valence-corrected chi connectivity index (χ3v) is 8.24. The van der Waals surface area contributed by atoms with Crippen molar-refractivity contribution in [1.82, 2.24) is 14.9 Å². The quantitative estimate of drug-likeness (QED) is 0.401. The number of hydrogen-bond donors (Lipinski definition) is 1. The van der Waals surface area contributed by atoms with E-state index in [1.165, 1.54) is 22.2 Å². The van der Waals surface area contributed by atoms with Crippen molar-refractivity contribution in [3.63, 3.8) is 0 Å². The van der Waals surface area contributed by atoms with Crippen LogP contribution in [-0.2, 0) is 24.1 Å². The van der Waals surface area contributed by atoms with E-state index >= 15 is 0 Å². The number of aryl methyl sites for hydroxylation is 1. The molecule has 1 aromatic carbocycles. The van der Waals surface area contributed by atoms with E-state index in [1.807, 2.05) is 31.3 Å². The maximum Gasteiger partial charge on any atom is 0.161 e. The maximum absolute atomic E-state index is 5.88. The van der Waals surface area contributed by atoms with Crippen LogP contribution >= 0.6 is 11.3 Å². The minimum Gasteiger partial charge on any atom is -0.490 e. The van der Waals surface area contributed by atoms with Gasteiger partial charge in [0.25, 0.3) is 0 Å². The van der Waals surface area contributed by atoms with Gasteiger partial charge in [0.05, 0.1) is 44.4 Å². The van der Waals surface area contributed by atoms with Gasteiger partial charge in [-0.1, -0.05) is 13.0 Å². The average molecular weight is 511 g/mol. The standard InChI is InChI=1S/C28H38N4O3S/c1-5-34-22-10-8-20(16-23(22)35-6-2)19(4)29-27-26-21-9-7-18(3)15-24(21)36-28(26)31-25(30-27)17-32-11-13-33-14-12-32/h8,10,16,18-19H,5-7,9,11-15,17H2,1-4H3,(H,29,30,31)/t18-,19-/m1/s1. The SMILES string of the molecule is CCOc1ccc([C@@H](C)Nc2nc(CN3CCOCC3)nc3sc4c(c23)CC[C@@H](C)C4)cc1OCC. The van der Waals surface area contributed by atoms with Gasteiger partial charge in [0, 0.05) is 18.0 Å². The monoisotopic (exact) mass is 510 g/mol. The molecule has 36 heavy (non-hydrogen) atoms. The number of ether oxygens (including phenoxy) is 3. The molecule has 3 aromatic rings. The molecule has 1 fully saturated rings. The zero-order valence-electron chi connectivity index (χ0n) is 21.9. The van der Waals surface area contributed by atoms with Gasteiger partial charge >= 0.3 is 0 Å². The second-order valence-corrected chi connectivity index (χ2v) is 10.9. The summed E-state index contributed by atoms with van der Waals surface area (Å²) in [4.78, 5) is 15.2. The molecular formula is C28H38N4O3S. The second-order valence-electron chi connectivity index (χ2n) is 9.85. The van der Waals surface area contributed by atoms with E-state index in [0.717, 1.165) is 85.1 Å². The van der Waals surface area contributed by atoms with Gasteiger partial charge in [-0.05, 0) is 69.2 Å². The fourth-order valence-corrected chi connectivity index (χ4v) is 6.55. The van der Waals surface area contributed by atoms with Gasteiger partial charge in [0.2, 0.25) is 0 Å². The maximum atomic E-state index is 5.88. The van der Waals surface area contributed by atoms with Gasteiger partial charge < -0.3 is 19.5 Å². The summed E-state index contributed by atoms with van der Waals surface area (Å²) in [6.45, 7) is 13.9. The summed E-state index contributed by atoms with van der Waals surface area (Å²) in [6, 6.07) is 6.26. The van der Waals surface area contributed by atoms with E-state index in [2.05, 4.69) is 36.2 Å². The first kappa shape index (κ1) is 25.2. The van der Waals surface area contributed by atoms with Crippen LogP contribution in [0.15, 0.2) is 18.2 Å². The molecule has 1 N–H and O–H groups in total. The molecule has 1 saturated heterocycles. The highest BCUT2D eigenvalue weighted by Gasteiger charge is 2.25. The predicted molar refractivity (Wildman–Crippen MR) is 146 cm³/mol. The smallest absolute Gasteiger partial charge is 0.161 e. The molecule has 1 aliphatic heterocycles. The molecule has 8 heteroatoms. The first-order valence-corrected chi connectivity index (χ1v) is 14.1. The van der Waals surface area contributed by atoms with Gasteiger partial charge in [-0.15, -0.1) is 11.3 Å². The number of hydrogen-bond acceptors (Lipinski definition) is 8. The van der Waals surface area contributed by atoms with Crippen molar-refractivity contribution in [3.05, 3.63) is 40.0 Å². The van der Waals surface area contributed by atoms with Crippen LogP contribution in [0.25, 0.3) is 10.2 Å². The Morgan fingerprint density at radius 3 is 2.69 bits per heavy atom. The summed E-state index contributed by atoms with van der Waals surface area (Å²) in [5, 5.41) is 4.98. The first-order chi connectivity index (χ1) is 17.6. The van der Waals surface area contributed by atoms with E-state index in [1.54, 1.807) is 0 Å². The van der Waals surface area contributed by atoms with Crippen LogP contribution in [-0.4, -0.2) is 54.4 Å². The molecule has 194 valence electrons. The van der Waals surface area contributed by atoms with Crippen molar-refractivity contribution < 1.29 is 14.2 Å². The number of rotatable bonds is 9. The highest BCUT2D eigenvalue weighted by atomic mass is 32.1. The van der Waals surface area contributed by atoms with Gasteiger partial charge in [-0.2, -0.15) is 0 Å². The third kappa shape index (κ3) is 5.45. The summed E-state index contributed by atoms with van der Waals surface area (Å²) >= 11 is 1.86. The topological polar surface area (TPSA) is 68.7 Å². The third-order valence-electron chi connectivity index (χ3n) is 7.09. The van der Waals surface area contributed by atoms with Crippen molar-refractivity contribution in [3.8, 4) is 11.5 Å². The number of nitrogens with one attached hydrogen (secondary N) is 1. The zero-order chi connectivity index (χ0) is 25.1. The number of morpholine rings is 1. The van der Waals surface area contributed by atoms with Crippen LogP contribution in [0.2, 0.25) is 0 Å². The molecule has 0 spiro atoms. The molecule has 5 rings (SSSR count). The summed E-state index contributed by atoms with van der Waals surface area (Å²) in [5.41, 5.74) is 2.59. The molecule has 2 atom stereocenters. The van der Waals surface area contributed by atoms with Gasteiger partial charge in [0.1, 0.15) is 16.5 Å². The molecule has 7 nitrogen and oxygen atoms in total. The Labute approximate surface area is 218 Å². The highest BCUT2D eigenvalue weighted by Crippen LogP contribution is 2.41. The number of nitrogens with zero attached hydrogens (tertiary/aromatic N) is 3. The van der Waals surface area contributed by atoms with Crippen LogP contribution in [0.4, 0.5) is 5.82 Å². The van der Waals surface area contributed by atoms with Crippen molar-refractivity contribution in [2.75, 3.05) is 44.8 Å². The molecule has 0 amide bonds. The number of aromatic nitrogens is 2. The normalized spacial score (nSPS) is 19.2. The van der Waals surface area contributed by atoms with E-state index in [9.17, 15) is 0 Å². The van der Waals surface area contributed by atoms with E-state index in [-0.39, 0.29) is 6.04 Å². The number of benzene rings is 1. The summed E-state index contributed by atoms with van der Waals surface area (Å²) in [6.07, 6.45) is 3.46. The Bertz CT molecular complexity index is 1190. The Morgan fingerprint density at radius 2 is 1.92 bits per heavy atom. The van der Waals surface area contributed by atoms with E-state index < -0.39 is 0 Å². The fourth-order valence-electron chi connectivity index (χ4n) is 5.15. The lowest BCUT2D eigenvalue weighted by Gasteiger charge is -2.26. The summed E-state index contributed by atoms with van der Waals surface area (Å²) in [7, 11) is 0. The molecular weight excluding hydrogens is 472 g/mol. The fraction of sp³-hybridized carbons (Fsp3) is 0.571. The van der Waals surface area contributed by atoms with E-state index in [4.69, 9.17) is 24.2 Å². The van der Waals surface area contributed by atoms with E-state index in [0.29, 0.717) is 13.2 Å². The lowest BCUT2D eigenvalue weighted by atomic mass is 9.89. The van der Waals surface area contributed by atoms with Crippen LogP contribution in [0.1, 0.15) is 62.0 Å². The molecule has 1 aliphatic carbocycles. The molecule has 0 unspecified atom stereocenters. The molecule has 3 heterocycles. The number of anilines is 1. The first-order valence-electron chi connectivity index (χ1n) is 13.3. The lowest BCUT2D eigenvalue weighted by Crippen LogP contribution is -2.36. The van der Waals surface area contributed by atoms with Crippen molar-refractivity contribution in [2.24, 2.45) is 5.92 Å². The van der Waals surface area contributed by atoms with Crippen LogP contribution in [0.3, 0.4) is 0 Å². The second kappa shape index (κ2) is 11.3. The molecule has 0 radical (unpaired) electrons. The Kier molecular flexibility index (Phi) is 7.93. The van der Waals surface area contributed by atoms with Crippen molar-refractivity contribution in [2.45, 2.75) is 59.5 Å². The minimum absolute atomic E-state index is 0.0484. The average Bonchev–Trinajstić information content (AvgIpc) is 3.23. The molecule has 0 saturated carbocycles. The number of thiophene rings is 1. The zero-order valence-corrected chi connectivity index (χ0v) is 22.7. The largest absolute Gasteiger partial charge is 0.490 e. The lowest BCUT2D eigenvalue weighted by molar-refractivity contribution is 0.0331. The van der Waals surface area contributed by atoms with Crippen molar-refractivity contribution in [1.29, 1.82) is 0 Å². The van der Waals surface area contributed by atoms with Gasteiger partial charge in [0.15, 0.2) is 11.5 Å².